The maximum Gasteiger partial charge on any atom is 0.102 e. The highest BCUT2D eigenvalue weighted by Crippen LogP contribution is 2.19. The molecule has 0 aromatic heterocycles. The van der Waals surface area contributed by atoms with Gasteiger partial charge in [0.15, 0.2) is 0 Å². The number of hydrogen-bond acceptors (Lipinski definition) is 2. The molecule has 0 spiro atoms. The average Bonchev–Trinajstić information content (AvgIpc) is 2.36. The molecule has 0 aliphatic rings. The fourth-order valence-corrected chi connectivity index (χ4v) is 2.25. The smallest absolute Gasteiger partial charge is 0.102 e. The summed E-state index contributed by atoms with van der Waals surface area (Å²) in [4.78, 5) is 0. The molecule has 0 saturated heterocycles. The van der Waals surface area contributed by atoms with Crippen molar-refractivity contribution in [3.05, 3.63) is 63.6 Å². The van der Waals surface area contributed by atoms with Gasteiger partial charge in [0.25, 0.3) is 0 Å². The largest absolute Gasteiger partial charge is 0.380 e. The second-order valence-electron chi connectivity index (χ2n) is 4.09. The highest BCUT2D eigenvalue weighted by Gasteiger charge is 2.04. The molecule has 0 unspecified atom stereocenters. The van der Waals surface area contributed by atoms with Crippen molar-refractivity contribution in [3.63, 3.8) is 0 Å². The van der Waals surface area contributed by atoms with Gasteiger partial charge in [-0.05, 0) is 36.2 Å². The first-order valence-corrected chi connectivity index (χ1v) is 6.48. The van der Waals surface area contributed by atoms with Gasteiger partial charge in [0, 0.05) is 11.0 Å². The zero-order valence-electron chi connectivity index (χ0n) is 10.1. The molecule has 0 radical (unpaired) electrons. The Balaban J connectivity index is 2.16. The zero-order chi connectivity index (χ0) is 13.0. The molecule has 1 N–H and O–H groups in total. The monoisotopic (exact) mass is 300 g/mol. The summed E-state index contributed by atoms with van der Waals surface area (Å²) in [5.74, 6) is 0. The molecule has 3 heteroatoms. The fraction of sp³-hybridized carbons (Fsp3) is 0.133. The van der Waals surface area contributed by atoms with Crippen LogP contribution in [-0.4, -0.2) is 0 Å². The summed E-state index contributed by atoms with van der Waals surface area (Å²) >= 11 is 3.45. The summed E-state index contributed by atoms with van der Waals surface area (Å²) in [5.41, 5.74) is 3.77. The Kier molecular flexibility index (Phi) is 4.01. The van der Waals surface area contributed by atoms with Crippen molar-refractivity contribution in [1.29, 1.82) is 5.26 Å². The van der Waals surface area contributed by atoms with Crippen LogP contribution in [0.4, 0.5) is 5.69 Å². The molecule has 0 aliphatic carbocycles. The van der Waals surface area contributed by atoms with Gasteiger partial charge in [-0.25, -0.2) is 0 Å². The number of benzene rings is 2. The van der Waals surface area contributed by atoms with Crippen LogP contribution in [0.3, 0.4) is 0 Å². The second-order valence-corrected chi connectivity index (χ2v) is 5.01. The van der Waals surface area contributed by atoms with E-state index in [0.29, 0.717) is 12.1 Å². The topological polar surface area (TPSA) is 35.8 Å². The van der Waals surface area contributed by atoms with E-state index in [1.807, 2.05) is 37.3 Å². The average molecular weight is 301 g/mol. The molecule has 2 aromatic rings. The fourth-order valence-electron chi connectivity index (χ4n) is 1.81. The van der Waals surface area contributed by atoms with Crippen LogP contribution in [-0.2, 0) is 6.54 Å². The van der Waals surface area contributed by atoms with Gasteiger partial charge in [-0.3, -0.25) is 0 Å². The van der Waals surface area contributed by atoms with Crippen LogP contribution in [0.5, 0.6) is 0 Å². The summed E-state index contributed by atoms with van der Waals surface area (Å²) in [5, 5.41) is 12.4. The third kappa shape index (κ3) is 2.91. The van der Waals surface area contributed by atoms with Crippen molar-refractivity contribution in [2.75, 3.05) is 5.32 Å². The SMILES string of the molecule is Cc1cccc(NCc2cccc(Br)c2)c1C#N. The van der Waals surface area contributed by atoms with Gasteiger partial charge < -0.3 is 5.32 Å². The van der Waals surface area contributed by atoms with E-state index in [1.165, 1.54) is 5.56 Å². The minimum atomic E-state index is 0.706. The molecule has 0 aliphatic heterocycles. The van der Waals surface area contributed by atoms with Gasteiger partial charge in [-0.1, -0.05) is 40.2 Å². The van der Waals surface area contributed by atoms with Crippen LogP contribution >= 0.6 is 15.9 Å². The lowest BCUT2D eigenvalue weighted by Gasteiger charge is -2.10. The molecule has 0 fully saturated rings. The molecule has 2 aromatic carbocycles. The van der Waals surface area contributed by atoms with Crippen LogP contribution in [0.25, 0.3) is 0 Å². The number of nitrogens with zero attached hydrogens (tertiary/aromatic N) is 1. The summed E-state index contributed by atoms with van der Waals surface area (Å²) < 4.78 is 1.06. The Labute approximate surface area is 115 Å². The summed E-state index contributed by atoms with van der Waals surface area (Å²) in [6.07, 6.45) is 0. The minimum absolute atomic E-state index is 0.706. The zero-order valence-corrected chi connectivity index (χ0v) is 11.7. The molecule has 0 amide bonds. The molecule has 90 valence electrons. The van der Waals surface area contributed by atoms with Gasteiger partial charge in [-0.2, -0.15) is 5.26 Å². The Hall–Kier alpha value is -1.79. The predicted octanol–water partition coefficient (Wildman–Crippen LogP) is 4.24. The van der Waals surface area contributed by atoms with Crippen molar-refractivity contribution in [2.45, 2.75) is 13.5 Å². The molecule has 0 heterocycles. The van der Waals surface area contributed by atoms with Gasteiger partial charge >= 0.3 is 0 Å². The van der Waals surface area contributed by atoms with E-state index in [1.54, 1.807) is 0 Å². The first-order chi connectivity index (χ1) is 8.70. The first-order valence-electron chi connectivity index (χ1n) is 5.69. The van der Waals surface area contributed by atoms with Crippen molar-refractivity contribution >= 4 is 21.6 Å². The Morgan fingerprint density at radius 2 is 2.00 bits per heavy atom. The van der Waals surface area contributed by atoms with Crippen molar-refractivity contribution in [2.24, 2.45) is 0 Å². The number of hydrogen-bond donors (Lipinski definition) is 1. The summed E-state index contributed by atoms with van der Waals surface area (Å²) in [6.45, 7) is 2.65. The van der Waals surface area contributed by atoms with Crippen LogP contribution in [0.15, 0.2) is 46.9 Å². The molecule has 0 bridgehead atoms. The number of aryl methyl sites for hydroxylation is 1. The summed E-state index contributed by atoms with van der Waals surface area (Å²) in [7, 11) is 0. The van der Waals surface area contributed by atoms with E-state index < -0.39 is 0 Å². The van der Waals surface area contributed by atoms with E-state index in [-0.39, 0.29) is 0 Å². The molecular weight excluding hydrogens is 288 g/mol. The highest BCUT2D eigenvalue weighted by atomic mass is 79.9. The van der Waals surface area contributed by atoms with Crippen LogP contribution < -0.4 is 5.32 Å². The molecule has 2 nitrogen and oxygen atoms in total. The van der Waals surface area contributed by atoms with E-state index in [0.717, 1.165) is 15.7 Å². The maximum absolute atomic E-state index is 9.14. The number of anilines is 1. The van der Waals surface area contributed by atoms with Crippen molar-refractivity contribution in [1.82, 2.24) is 0 Å². The van der Waals surface area contributed by atoms with Gasteiger partial charge in [0.1, 0.15) is 6.07 Å². The van der Waals surface area contributed by atoms with E-state index in [4.69, 9.17) is 5.26 Å². The lowest BCUT2D eigenvalue weighted by atomic mass is 10.1. The molecule has 0 saturated carbocycles. The van der Waals surface area contributed by atoms with Gasteiger partial charge in [-0.15, -0.1) is 0 Å². The molecular formula is C15H13BrN2. The lowest BCUT2D eigenvalue weighted by Crippen LogP contribution is -2.02. The van der Waals surface area contributed by atoms with Gasteiger partial charge in [0.05, 0.1) is 11.3 Å². The lowest BCUT2D eigenvalue weighted by molar-refractivity contribution is 1.14. The first kappa shape index (κ1) is 12.7. The molecule has 2 rings (SSSR count). The molecule has 18 heavy (non-hydrogen) atoms. The van der Waals surface area contributed by atoms with Crippen LogP contribution in [0.2, 0.25) is 0 Å². The maximum atomic E-state index is 9.14. The Bertz CT molecular complexity index is 600. The van der Waals surface area contributed by atoms with Gasteiger partial charge in [0.2, 0.25) is 0 Å². The number of nitriles is 1. The van der Waals surface area contributed by atoms with Crippen LogP contribution in [0.1, 0.15) is 16.7 Å². The minimum Gasteiger partial charge on any atom is -0.380 e. The summed E-state index contributed by atoms with van der Waals surface area (Å²) in [6, 6.07) is 16.2. The normalized spacial score (nSPS) is 9.83. The van der Waals surface area contributed by atoms with E-state index in [2.05, 4.69) is 39.4 Å². The van der Waals surface area contributed by atoms with Crippen molar-refractivity contribution in [3.8, 4) is 6.07 Å². The Morgan fingerprint density at radius 3 is 2.72 bits per heavy atom. The standard InChI is InChI=1S/C15H13BrN2/c1-11-4-2-7-15(14(11)9-17)18-10-12-5-3-6-13(16)8-12/h2-8,18H,10H2,1H3. The van der Waals surface area contributed by atoms with E-state index >= 15 is 0 Å². The van der Waals surface area contributed by atoms with Crippen molar-refractivity contribution < 1.29 is 0 Å². The number of nitrogens with one attached hydrogen (secondary N) is 1. The highest BCUT2D eigenvalue weighted by molar-refractivity contribution is 9.10. The second kappa shape index (κ2) is 5.70. The molecule has 0 atom stereocenters. The number of rotatable bonds is 3. The van der Waals surface area contributed by atoms with Crippen LogP contribution in [0, 0.1) is 18.3 Å². The third-order valence-corrected chi connectivity index (χ3v) is 3.25. The van der Waals surface area contributed by atoms with E-state index in [9.17, 15) is 0 Å². The third-order valence-electron chi connectivity index (χ3n) is 2.76. The quantitative estimate of drug-likeness (QED) is 0.920. The predicted molar refractivity (Wildman–Crippen MR) is 77.4 cm³/mol. The number of halogens is 1. The Morgan fingerprint density at radius 1 is 1.22 bits per heavy atom.